The van der Waals surface area contributed by atoms with Crippen LogP contribution in [0.1, 0.15) is 29.4 Å². The third-order valence-electron chi connectivity index (χ3n) is 3.08. The van der Waals surface area contributed by atoms with Crippen LogP contribution < -0.4 is 0 Å². The molecule has 1 aromatic rings. The van der Waals surface area contributed by atoms with Gasteiger partial charge in [0.1, 0.15) is 0 Å². The summed E-state index contributed by atoms with van der Waals surface area (Å²) in [4.78, 5) is 15.5. The summed E-state index contributed by atoms with van der Waals surface area (Å²) in [6, 6.07) is 4.33. The highest BCUT2D eigenvalue weighted by atomic mass is 79.9. The summed E-state index contributed by atoms with van der Waals surface area (Å²) in [5.41, 5.74) is 0. The Bertz CT molecular complexity index is 369. The Balaban J connectivity index is 1.86. The first-order valence-electron chi connectivity index (χ1n) is 6.30. The van der Waals surface area contributed by atoms with Crippen LogP contribution in [-0.4, -0.2) is 35.0 Å². The van der Waals surface area contributed by atoms with Gasteiger partial charge in [-0.25, -0.2) is 0 Å². The van der Waals surface area contributed by atoms with Crippen LogP contribution >= 0.6 is 39.0 Å². The molecule has 1 aromatic heterocycles. The maximum Gasteiger partial charge on any atom is 0.222 e. The number of hydrogen-bond acceptors (Lipinski definition) is 3. The molecule has 1 fully saturated rings. The van der Waals surface area contributed by atoms with Gasteiger partial charge in [-0.05, 0) is 24.3 Å². The number of thiophene rings is 1. The first-order chi connectivity index (χ1) is 8.81. The van der Waals surface area contributed by atoms with E-state index < -0.39 is 0 Å². The monoisotopic (exact) mass is 347 g/mol. The van der Waals surface area contributed by atoms with Crippen molar-refractivity contribution in [1.29, 1.82) is 0 Å². The number of carbonyl (C=O) groups is 1. The van der Waals surface area contributed by atoms with Crippen molar-refractivity contribution in [2.75, 3.05) is 24.2 Å². The SMILES string of the molecule is O=C(CCCBr)N1CCSC(c2cccs2)CC1. The molecule has 2 nitrogen and oxygen atoms in total. The lowest BCUT2D eigenvalue weighted by Crippen LogP contribution is -2.32. The summed E-state index contributed by atoms with van der Waals surface area (Å²) >= 11 is 7.21. The summed E-state index contributed by atoms with van der Waals surface area (Å²) in [5.74, 6) is 1.38. The highest BCUT2D eigenvalue weighted by Crippen LogP contribution is 2.36. The fourth-order valence-electron chi connectivity index (χ4n) is 2.10. The molecule has 1 unspecified atom stereocenters. The lowest BCUT2D eigenvalue weighted by atomic mass is 10.2. The number of carbonyl (C=O) groups excluding carboxylic acids is 1. The van der Waals surface area contributed by atoms with E-state index in [1.807, 2.05) is 28.0 Å². The average Bonchev–Trinajstić information content (AvgIpc) is 2.80. The van der Waals surface area contributed by atoms with E-state index in [1.165, 1.54) is 4.88 Å². The Morgan fingerprint density at radius 2 is 2.39 bits per heavy atom. The maximum absolute atomic E-state index is 12.0. The van der Waals surface area contributed by atoms with E-state index in [0.29, 0.717) is 17.6 Å². The van der Waals surface area contributed by atoms with Gasteiger partial charge in [0.25, 0.3) is 0 Å². The molecule has 5 heteroatoms. The zero-order chi connectivity index (χ0) is 12.8. The number of halogens is 1. The molecular weight excluding hydrogens is 330 g/mol. The van der Waals surface area contributed by atoms with E-state index in [1.54, 1.807) is 0 Å². The number of nitrogens with zero attached hydrogens (tertiary/aromatic N) is 1. The van der Waals surface area contributed by atoms with Gasteiger partial charge in [-0.3, -0.25) is 4.79 Å². The summed E-state index contributed by atoms with van der Waals surface area (Å²) in [6.45, 7) is 1.82. The summed E-state index contributed by atoms with van der Waals surface area (Å²) in [5, 5.41) is 3.64. The molecule has 0 aliphatic carbocycles. The number of alkyl halides is 1. The van der Waals surface area contributed by atoms with Gasteiger partial charge in [0.2, 0.25) is 5.91 Å². The van der Waals surface area contributed by atoms with Gasteiger partial charge in [-0.2, -0.15) is 11.8 Å². The largest absolute Gasteiger partial charge is 0.342 e. The van der Waals surface area contributed by atoms with Gasteiger partial charge < -0.3 is 4.90 Å². The molecule has 2 heterocycles. The first-order valence-corrected chi connectivity index (χ1v) is 9.35. The predicted molar refractivity (Wildman–Crippen MR) is 83.7 cm³/mol. The van der Waals surface area contributed by atoms with Crippen LogP contribution in [0.2, 0.25) is 0 Å². The topological polar surface area (TPSA) is 20.3 Å². The van der Waals surface area contributed by atoms with Crippen LogP contribution in [0.3, 0.4) is 0 Å². The van der Waals surface area contributed by atoms with E-state index >= 15 is 0 Å². The maximum atomic E-state index is 12.0. The van der Waals surface area contributed by atoms with Crippen LogP contribution in [0.25, 0.3) is 0 Å². The molecule has 1 saturated heterocycles. The summed E-state index contributed by atoms with van der Waals surface area (Å²) < 4.78 is 0. The summed E-state index contributed by atoms with van der Waals surface area (Å²) in [7, 11) is 0. The minimum atomic E-state index is 0.321. The van der Waals surface area contributed by atoms with E-state index in [9.17, 15) is 4.79 Å². The molecule has 0 radical (unpaired) electrons. The third kappa shape index (κ3) is 4.00. The minimum absolute atomic E-state index is 0.321. The Kier molecular flexibility index (Phi) is 6.05. The molecule has 0 N–H and O–H groups in total. The van der Waals surface area contributed by atoms with Gasteiger partial charge >= 0.3 is 0 Å². The molecule has 1 aliphatic rings. The molecule has 2 rings (SSSR count). The first kappa shape index (κ1) is 14.4. The second-order valence-corrected chi connectivity index (χ2v) is 7.42. The molecule has 100 valence electrons. The smallest absolute Gasteiger partial charge is 0.222 e. The molecular formula is C13H18BrNOS2. The van der Waals surface area contributed by atoms with Crippen molar-refractivity contribution in [3.05, 3.63) is 22.4 Å². The van der Waals surface area contributed by atoms with Crippen LogP contribution in [0, 0.1) is 0 Å². The Labute approximate surface area is 125 Å². The second-order valence-electron chi connectivity index (χ2n) is 4.34. The van der Waals surface area contributed by atoms with E-state index in [0.717, 1.165) is 37.0 Å². The van der Waals surface area contributed by atoms with Crippen molar-refractivity contribution < 1.29 is 4.79 Å². The molecule has 0 aromatic carbocycles. The van der Waals surface area contributed by atoms with Gasteiger partial charge in [-0.1, -0.05) is 22.0 Å². The molecule has 1 atom stereocenters. The molecule has 1 amide bonds. The van der Waals surface area contributed by atoms with E-state index in [2.05, 4.69) is 33.4 Å². The number of rotatable bonds is 4. The normalized spacial score (nSPS) is 20.7. The second kappa shape index (κ2) is 7.56. The fraction of sp³-hybridized carbons (Fsp3) is 0.615. The number of hydrogen-bond donors (Lipinski definition) is 0. The predicted octanol–water partition coefficient (Wildman–Crippen LogP) is 3.93. The lowest BCUT2D eigenvalue weighted by molar-refractivity contribution is -0.130. The van der Waals surface area contributed by atoms with Crippen LogP contribution in [0.4, 0.5) is 0 Å². The van der Waals surface area contributed by atoms with Crippen LogP contribution in [0.15, 0.2) is 17.5 Å². The Morgan fingerprint density at radius 1 is 1.50 bits per heavy atom. The standard InChI is InChI=1S/C13H18BrNOS2/c14-6-1-4-13(16)15-7-5-12(18-10-8-15)11-3-2-9-17-11/h2-3,9,12H,1,4-8,10H2. The lowest BCUT2D eigenvalue weighted by Gasteiger charge is -2.20. The summed E-state index contributed by atoms with van der Waals surface area (Å²) in [6.07, 6.45) is 2.71. The molecule has 18 heavy (non-hydrogen) atoms. The van der Waals surface area contributed by atoms with Crippen molar-refractivity contribution >= 4 is 44.9 Å². The van der Waals surface area contributed by atoms with Crippen LogP contribution in [0.5, 0.6) is 0 Å². The van der Waals surface area contributed by atoms with Gasteiger partial charge in [0.15, 0.2) is 0 Å². The van der Waals surface area contributed by atoms with Crippen molar-refractivity contribution in [1.82, 2.24) is 4.90 Å². The van der Waals surface area contributed by atoms with Crippen molar-refractivity contribution in [2.45, 2.75) is 24.5 Å². The van der Waals surface area contributed by atoms with Gasteiger partial charge in [0, 0.05) is 40.7 Å². The molecule has 0 saturated carbocycles. The van der Waals surface area contributed by atoms with Gasteiger partial charge in [0.05, 0.1) is 0 Å². The number of amides is 1. The van der Waals surface area contributed by atoms with E-state index in [-0.39, 0.29) is 0 Å². The van der Waals surface area contributed by atoms with Crippen molar-refractivity contribution in [3.8, 4) is 0 Å². The Morgan fingerprint density at radius 3 is 3.11 bits per heavy atom. The average molecular weight is 348 g/mol. The van der Waals surface area contributed by atoms with Crippen LogP contribution in [-0.2, 0) is 4.79 Å². The Hall–Kier alpha value is -0.0000000000000000833. The molecule has 0 bridgehead atoms. The fourth-order valence-corrected chi connectivity index (χ4v) is 4.62. The molecule has 1 aliphatic heterocycles. The highest BCUT2D eigenvalue weighted by molar-refractivity contribution is 9.09. The quantitative estimate of drug-likeness (QED) is 0.769. The molecule has 0 spiro atoms. The zero-order valence-electron chi connectivity index (χ0n) is 10.3. The van der Waals surface area contributed by atoms with Crippen molar-refractivity contribution in [3.63, 3.8) is 0 Å². The zero-order valence-corrected chi connectivity index (χ0v) is 13.5. The highest BCUT2D eigenvalue weighted by Gasteiger charge is 2.22. The third-order valence-corrected chi connectivity index (χ3v) is 6.09. The van der Waals surface area contributed by atoms with E-state index in [4.69, 9.17) is 0 Å². The number of thioether (sulfide) groups is 1. The van der Waals surface area contributed by atoms with Crippen molar-refractivity contribution in [2.24, 2.45) is 0 Å². The minimum Gasteiger partial charge on any atom is -0.342 e. The van der Waals surface area contributed by atoms with Gasteiger partial charge in [-0.15, -0.1) is 11.3 Å².